The first kappa shape index (κ1) is 13.2. The molecule has 1 aromatic heterocycles. The SMILES string of the molecule is COCCNC(=O)CCCCc1cccs1. The Hall–Kier alpha value is -0.870. The molecule has 0 spiro atoms. The van der Waals surface area contributed by atoms with Crippen LogP contribution < -0.4 is 5.32 Å². The summed E-state index contributed by atoms with van der Waals surface area (Å²) in [4.78, 5) is 12.7. The van der Waals surface area contributed by atoms with Crippen molar-refractivity contribution in [1.82, 2.24) is 5.32 Å². The molecule has 3 nitrogen and oxygen atoms in total. The van der Waals surface area contributed by atoms with Crippen LogP contribution in [-0.4, -0.2) is 26.2 Å². The number of thiophene rings is 1. The molecule has 0 unspecified atom stereocenters. The fourth-order valence-corrected chi connectivity index (χ4v) is 2.17. The lowest BCUT2D eigenvalue weighted by molar-refractivity contribution is -0.121. The number of nitrogens with one attached hydrogen (secondary N) is 1. The van der Waals surface area contributed by atoms with Crippen LogP contribution in [0.25, 0.3) is 0 Å². The van der Waals surface area contributed by atoms with Gasteiger partial charge >= 0.3 is 0 Å². The van der Waals surface area contributed by atoms with Gasteiger partial charge in [0.2, 0.25) is 5.91 Å². The molecule has 0 bridgehead atoms. The molecule has 0 aliphatic rings. The fourth-order valence-electron chi connectivity index (χ4n) is 1.42. The van der Waals surface area contributed by atoms with Crippen molar-refractivity contribution in [3.05, 3.63) is 22.4 Å². The zero-order chi connectivity index (χ0) is 11.6. The van der Waals surface area contributed by atoms with E-state index in [4.69, 9.17) is 4.74 Å². The molecule has 1 heterocycles. The lowest BCUT2D eigenvalue weighted by Crippen LogP contribution is -2.26. The summed E-state index contributed by atoms with van der Waals surface area (Å²) in [5.41, 5.74) is 0. The highest BCUT2D eigenvalue weighted by Crippen LogP contribution is 2.12. The maximum Gasteiger partial charge on any atom is 0.220 e. The zero-order valence-corrected chi connectivity index (χ0v) is 10.5. The maximum absolute atomic E-state index is 11.3. The average molecular weight is 241 g/mol. The van der Waals surface area contributed by atoms with E-state index in [1.165, 1.54) is 4.88 Å². The smallest absolute Gasteiger partial charge is 0.220 e. The number of rotatable bonds is 8. The molecule has 4 heteroatoms. The number of ether oxygens (including phenoxy) is 1. The molecule has 0 aliphatic carbocycles. The van der Waals surface area contributed by atoms with Gasteiger partial charge in [0, 0.05) is 25.0 Å². The Morgan fingerprint density at radius 3 is 3.06 bits per heavy atom. The predicted molar refractivity (Wildman–Crippen MR) is 66.8 cm³/mol. The van der Waals surface area contributed by atoms with Crippen molar-refractivity contribution >= 4 is 17.2 Å². The summed E-state index contributed by atoms with van der Waals surface area (Å²) in [7, 11) is 1.63. The molecule has 0 fully saturated rings. The first-order valence-electron chi connectivity index (χ1n) is 5.61. The van der Waals surface area contributed by atoms with Crippen LogP contribution in [0, 0.1) is 0 Å². The molecule has 0 radical (unpaired) electrons. The van der Waals surface area contributed by atoms with Gasteiger partial charge in [0.15, 0.2) is 0 Å². The Morgan fingerprint density at radius 1 is 1.50 bits per heavy atom. The van der Waals surface area contributed by atoms with Crippen molar-refractivity contribution in [2.75, 3.05) is 20.3 Å². The highest BCUT2D eigenvalue weighted by Gasteiger charge is 2.00. The van der Waals surface area contributed by atoms with Crippen molar-refractivity contribution in [2.45, 2.75) is 25.7 Å². The molecule has 90 valence electrons. The second kappa shape index (κ2) is 8.30. The van der Waals surface area contributed by atoms with Crippen LogP contribution in [0.2, 0.25) is 0 Å². The van der Waals surface area contributed by atoms with Crippen LogP contribution in [-0.2, 0) is 16.0 Å². The third-order valence-electron chi connectivity index (χ3n) is 2.29. The van der Waals surface area contributed by atoms with E-state index in [9.17, 15) is 4.79 Å². The lowest BCUT2D eigenvalue weighted by Gasteiger charge is -2.03. The van der Waals surface area contributed by atoms with Crippen LogP contribution in [0.15, 0.2) is 17.5 Å². The molecule has 0 saturated heterocycles. The molecule has 0 atom stereocenters. The zero-order valence-electron chi connectivity index (χ0n) is 9.70. The maximum atomic E-state index is 11.3. The number of carbonyl (C=O) groups excluding carboxylic acids is 1. The van der Waals surface area contributed by atoms with Gasteiger partial charge in [0.25, 0.3) is 0 Å². The summed E-state index contributed by atoms with van der Waals surface area (Å²) < 4.78 is 4.85. The van der Waals surface area contributed by atoms with Gasteiger partial charge in [-0.2, -0.15) is 0 Å². The molecule has 0 aliphatic heterocycles. The van der Waals surface area contributed by atoms with Crippen molar-refractivity contribution < 1.29 is 9.53 Å². The minimum atomic E-state index is 0.128. The molecule has 1 rings (SSSR count). The third-order valence-corrected chi connectivity index (χ3v) is 3.22. The standard InChI is InChI=1S/C12H19NO2S/c1-15-9-8-13-12(14)7-3-2-5-11-6-4-10-16-11/h4,6,10H,2-3,5,7-9H2,1H3,(H,13,14). The number of amides is 1. The number of hydrogen-bond acceptors (Lipinski definition) is 3. The average Bonchev–Trinajstić information content (AvgIpc) is 2.78. The van der Waals surface area contributed by atoms with Crippen molar-refractivity contribution in [1.29, 1.82) is 0 Å². The molecular weight excluding hydrogens is 222 g/mol. The van der Waals surface area contributed by atoms with E-state index in [-0.39, 0.29) is 5.91 Å². The summed E-state index contributed by atoms with van der Waals surface area (Å²) >= 11 is 1.78. The van der Waals surface area contributed by atoms with Crippen LogP contribution in [0.3, 0.4) is 0 Å². The molecule has 0 saturated carbocycles. The number of unbranched alkanes of at least 4 members (excludes halogenated alkanes) is 1. The van der Waals surface area contributed by atoms with Gasteiger partial charge < -0.3 is 10.1 Å². The predicted octanol–water partition coefficient (Wildman–Crippen LogP) is 2.22. The van der Waals surface area contributed by atoms with Gasteiger partial charge in [-0.15, -0.1) is 11.3 Å². The Balaban J connectivity index is 1.96. The van der Waals surface area contributed by atoms with E-state index in [0.29, 0.717) is 19.6 Å². The summed E-state index contributed by atoms with van der Waals surface area (Å²) in [6.07, 6.45) is 3.74. The molecule has 16 heavy (non-hydrogen) atoms. The van der Waals surface area contributed by atoms with Gasteiger partial charge in [-0.25, -0.2) is 0 Å². The molecule has 0 aromatic carbocycles. The van der Waals surface area contributed by atoms with E-state index < -0.39 is 0 Å². The van der Waals surface area contributed by atoms with Crippen LogP contribution >= 0.6 is 11.3 Å². The summed E-state index contributed by atoms with van der Waals surface area (Å²) in [6, 6.07) is 4.21. The van der Waals surface area contributed by atoms with E-state index in [0.717, 1.165) is 19.3 Å². The van der Waals surface area contributed by atoms with E-state index in [1.807, 2.05) is 0 Å². The molecular formula is C12H19NO2S. The van der Waals surface area contributed by atoms with E-state index in [2.05, 4.69) is 22.8 Å². The van der Waals surface area contributed by atoms with Gasteiger partial charge in [-0.05, 0) is 30.7 Å². The summed E-state index contributed by atoms with van der Waals surface area (Å²) in [5, 5.41) is 4.91. The monoisotopic (exact) mass is 241 g/mol. The largest absolute Gasteiger partial charge is 0.383 e. The Kier molecular flexibility index (Phi) is 6.85. The second-order valence-electron chi connectivity index (χ2n) is 3.63. The van der Waals surface area contributed by atoms with E-state index >= 15 is 0 Å². The van der Waals surface area contributed by atoms with Crippen molar-refractivity contribution in [3.63, 3.8) is 0 Å². The first-order valence-corrected chi connectivity index (χ1v) is 6.49. The van der Waals surface area contributed by atoms with Gasteiger partial charge in [-0.3, -0.25) is 4.79 Å². The highest BCUT2D eigenvalue weighted by molar-refractivity contribution is 7.09. The van der Waals surface area contributed by atoms with Crippen LogP contribution in [0.1, 0.15) is 24.1 Å². The van der Waals surface area contributed by atoms with Crippen LogP contribution in [0.5, 0.6) is 0 Å². The van der Waals surface area contributed by atoms with Crippen molar-refractivity contribution in [3.8, 4) is 0 Å². The van der Waals surface area contributed by atoms with Crippen LogP contribution in [0.4, 0.5) is 0 Å². The van der Waals surface area contributed by atoms with Gasteiger partial charge in [0.1, 0.15) is 0 Å². The molecule has 1 N–H and O–H groups in total. The second-order valence-corrected chi connectivity index (χ2v) is 4.66. The number of carbonyl (C=O) groups is 1. The normalized spacial score (nSPS) is 10.3. The number of aryl methyl sites for hydroxylation is 1. The summed E-state index contributed by atoms with van der Waals surface area (Å²) in [5.74, 6) is 0.128. The van der Waals surface area contributed by atoms with E-state index in [1.54, 1.807) is 18.4 Å². The fraction of sp³-hybridized carbons (Fsp3) is 0.583. The summed E-state index contributed by atoms with van der Waals surface area (Å²) in [6.45, 7) is 1.20. The number of hydrogen-bond donors (Lipinski definition) is 1. The third kappa shape index (κ3) is 5.88. The number of methoxy groups -OCH3 is 1. The first-order chi connectivity index (χ1) is 7.83. The van der Waals surface area contributed by atoms with Gasteiger partial charge in [-0.1, -0.05) is 6.07 Å². The Morgan fingerprint density at radius 2 is 2.38 bits per heavy atom. The Labute approximate surface area is 101 Å². The quantitative estimate of drug-likeness (QED) is 0.709. The molecule has 1 aromatic rings. The minimum Gasteiger partial charge on any atom is -0.383 e. The van der Waals surface area contributed by atoms with Crippen molar-refractivity contribution in [2.24, 2.45) is 0 Å². The lowest BCUT2D eigenvalue weighted by atomic mass is 10.1. The van der Waals surface area contributed by atoms with Gasteiger partial charge in [0.05, 0.1) is 6.61 Å². The topological polar surface area (TPSA) is 38.3 Å². The Bertz CT molecular complexity index is 285. The minimum absolute atomic E-state index is 0.128. The highest BCUT2D eigenvalue weighted by atomic mass is 32.1. The molecule has 1 amide bonds.